The van der Waals surface area contributed by atoms with Crippen molar-refractivity contribution in [3.8, 4) is 17.1 Å². The van der Waals surface area contributed by atoms with Gasteiger partial charge in [-0.25, -0.2) is 0 Å². The Bertz CT molecular complexity index is 456. The second-order valence-electron chi connectivity index (χ2n) is 2.66. The molecule has 0 aliphatic rings. The molecule has 1 heterocycles. The van der Waals surface area contributed by atoms with E-state index in [4.69, 9.17) is 16.1 Å². The van der Waals surface area contributed by atoms with Crippen LogP contribution in [0, 0.1) is 0 Å². The summed E-state index contributed by atoms with van der Waals surface area (Å²) in [7, 11) is 0. The van der Waals surface area contributed by atoms with E-state index in [0.717, 1.165) is 0 Å². The Balaban J connectivity index is 2.64. The summed E-state index contributed by atoms with van der Waals surface area (Å²) in [5.74, 6) is 0.567. The smallest absolute Gasteiger partial charge is 0.170 e. The predicted octanol–water partition coefficient (Wildman–Crippen LogP) is 3.46. The lowest BCUT2D eigenvalue weighted by Gasteiger charge is -2.03. The second-order valence-corrected chi connectivity index (χ2v) is 3.95. The molecule has 0 bridgehead atoms. The Labute approximate surface area is 93.4 Å². The van der Waals surface area contributed by atoms with E-state index in [1.807, 2.05) is 0 Å². The zero-order valence-corrected chi connectivity index (χ0v) is 9.21. The van der Waals surface area contributed by atoms with Crippen LogP contribution in [0.25, 0.3) is 11.3 Å². The van der Waals surface area contributed by atoms with Gasteiger partial charge in [-0.05, 0) is 28.1 Å². The topological polar surface area (TPSA) is 46.3 Å². The van der Waals surface area contributed by atoms with E-state index in [2.05, 4.69) is 21.1 Å². The molecule has 0 aliphatic carbocycles. The molecule has 14 heavy (non-hydrogen) atoms. The number of phenolic OH excluding ortho intramolecular Hbond substituents is 1. The van der Waals surface area contributed by atoms with Crippen molar-refractivity contribution < 1.29 is 9.63 Å². The van der Waals surface area contributed by atoms with E-state index < -0.39 is 0 Å². The van der Waals surface area contributed by atoms with Crippen LogP contribution in [0.1, 0.15) is 0 Å². The SMILES string of the molecule is Oc1c(Br)cc(Cl)cc1-c1ccno1. The van der Waals surface area contributed by atoms with E-state index >= 15 is 0 Å². The van der Waals surface area contributed by atoms with E-state index in [1.54, 1.807) is 18.2 Å². The van der Waals surface area contributed by atoms with Gasteiger partial charge in [-0.1, -0.05) is 16.8 Å². The zero-order valence-electron chi connectivity index (χ0n) is 6.87. The maximum atomic E-state index is 9.70. The molecule has 2 rings (SSSR count). The number of halogens is 2. The summed E-state index contributed by atoms with van der Waals surface area (Å²) in [6.07, 6.45) is 1.50. The van der Waals surface area contributed by atoms with Crippen molar-refractivity contribution >= 4 is 27.5 Å². The standard InChI is InChI=1S/C9H5BrClNO2/c10-7-4-5(11)3-6(9(7)13)8-1-2-12-14-8/h1-4,13H. The van der Waals surface area contributed by atoms with Crippen LogP contribution in [-0.4, -0.2) is 10.3 Å². The Hall–Kier alpha value is -1.00. The van der Waals surface area contributed by atoms with E-state index in [-0.39, 0.29) is 5.75 Å². The fourth-order valence-corrected chi connectivity index (χ4v) is 1.92. The molecule has 72 valence electrons. The summed E-state index contributed by atoms with van der Waals surface area (Å²) in [5.41, 5.74) is 0.516. The molecule has 0 saturated carbocycles. The van der Waals surface area contributed by atoms with Crippen LogP contribution in [0.3, 0.4) is 0 Å². The van der Waals surface area contributed by atoms with Crippen molar-refractivity contribution in [2.75, 3.05) is 0 Å². The molecule has 0 fully saturated rings. The lowest BCUT2D eigenvalue weighted by molar-refractivity contribution is 0.425. The van der Waals surface area contributed by atoms with E-state index in [0.29, 0.717) is 20.8 Å². The molecule has 0 saturated heterocycles. The first-order valence-electron chi connectivity index (χ1n) is 3.77. The van der Waals surface area contributed by atoms with Gasteiger partial charge in [-0.3, -0.25) is 0 Å². The molecule has 1 aromatic heterocycles. The molecule has 5 heteroatoms. The molecule has 0 spiro atoms. The van der Waals surface area contributed by atoms with Crippen LogP contribution in [-0.2, 0) is 0 Å². The molecular formula is C9H5BrClNO2. The molecule has 1 N–H and O–H groups in total. The maximum Gasteiger partial charge on any atom is 0.170 e. The number of benzene rings is 1. The highest BCUT2D eigenvalue weighted by Crippen LogP contribution is 2.37. The van der Waals surface area contributed by atoms with E-state index in [1.165, 1.54) is 6.20 Å². The third kappa shape index (κ3) is 1.63. The minimum atomic E-state index is 0.0890. The molecule has 0 radical (unpaired) electrons. The zero-order chi connectivity index (χ0) is 10.1. The quantitative estimate of drug-likeness (QED) is 0.866. The molecule has 0 unspecified atom stereocenters. The van der Waals surface area contributed by atoms with Gasteiger partial charge in [0.25, 0.3) is 0 Å². The Morgan fingerprint density at radius 3 is 2.86 bits per heavy atom. The Morgan fingerprint density at radius 1 is 1.43 bits per heavy atom. The van der Waals surface area contributed by atoms with Crippen molar-refractivity contribution in [1.82, 2.24) is 5.16 Å². The average Bonchev–Trinajstić information content (AvgIpc) is 2.63. The van der Waals surface area contributed by atoms with Gasteiger partial charge < -0.3 is 9.63 Å². The number of aromatic nitrogens is 1. The van der Waals surface area contributed by atoms with Crippen LogP contribution in [0.2, 0.25) is 5.02 Å². The minimum absolute atomic E-state index is 0.0890. The number of aromatic hydroxyl groups is 1. The summed E-state index contributed by atoms with van der Waals surface area (Å²) in [6.45, 7) is 0. The van der Waals surface area contributed by atoms with Crippen molar-refractivity contribution in [2.45, 2.75) is 0 Å². The number of hydrogen-bond donors (Lipinski definition) is 1. The van der Waals surface area contributed by atoms with Gasteiger partial charge in [-0.15, -0.1) is 0 Å². The Kier molecular flexibility index (Phi) is 2.48. The molecule has 0 aliphatic heterocycles. The Morgan fingerprint density at radius 2 is 2.21 bits per heavy atom. The monoisotopic (exact) mass is 273 g/mol. The van der Waals surface area contributed by atoms with Crippen LogP contribution < -0.4 is 0 Å². The second kappa shape index (κ2) is 3.63. The van der Waals surface area contributed by atoms with Crippen molar-refractivity contribution in [3.63, 3.8) is 0 Å². The summed E-state index contributed by atoms with van der Waals surface area (Å²) < 4.78 is 5.45. The largest absolute Gasteiger partial charge is 0.506 e. The number of phenols is 1. The van der Waals surface area contributed by atoms with Gasteiger partial charge >= 0.3 is 0 Å². The third-order valence-electron chi connectivity index (χ3n) is 1.73. The van der Waals surface area contributed by atoms with Gasteiger partial charge in [0.05, 0.1) is 16.2 Å². The predicted molar refractivity (Wildman–Crippen MR) is 56.3 cm³/mol. The highest BCUT2D eigenvalue weighted by molar-refractivity contribution is 9.10. The molecule has 1 aromatic carbocycles. The molecule has 0 amide bonds. The fourth-order valence-electron chi connectivity index (χ4n) is 1.11. The van der Waals surface area contributed by atoms with Crippen LogP contribution in [0.4, 0.5) is 0 Å². The maximum absolute atomic E-state index is 9.70. The molecular weight excluding hydrogens is 269 g/mol. The first-order valence-corrected chi connectivity index (χ1v) is 4.94. The first kappa shape index (κ1) is 9.55. The van der Waals surface area contributed by atoms with Gasteiger partial charge in [0.2, 0.25) is 0 Å². The fraction of sp³-hybridized carbons (Fsp3) is 0. The number of hydrogen-bond acceptors (Lipinski definition) is 3. The summed E-state index contributed by atoms with van der Waals surface area (Å²) in [6, 6.07) is 4.87. The average molecular weight is 275 g/mol. The lowest BCUT2D eigenvalue weighted by Crippen LogP contribution is -1.78. The van der Waals surface area contributed by atoms with Gasteiger partial charge in [-0.2, -0.15) is 0 Å². The molecule has 2 aromatic rings. The third-order valence-corrected chi connectivity index (χ3v) is 2.55. The normalized spacial score (nSPS) is 10.4. The summed E-state index contributed by atoms with van der Waals surface area (Å²) >= 11 is 9.02. The molecule has 0 atom stereocenters. The summed E-state index contributed by atoms with van der Waals surface area (Å²) in [5, 5.41) is 13.8. The van der Waals surface area contributed by atoms with Gasteiger partial charge in [0.15, 0.2) is 5.76 Å². The van der Waals surface area contributed by atoms with Gasteiger partial charge in [0.1, 0.15) is 5.75 Å². The van der Waals surface area contributed by atoms with E-state index in [9.17, 15) is 5.11 Å². The first-order chi connectivity index (χ1) is 6.68. The van der Waals surface area contributed by atoms with Crippen molar-refractivity contribution in [2.24, 2.45) is 0 Å². The van der Waals surface area contributed by atoms with Gasteiger partial charge in [0, 0.05) is 11.1 Å². The van der Waals surface area contributed by atoms with Crippen molar-refractivity contribution in [3.05, 3.63) is 33.9 Å². The highest BCUT2D eigenvalue weighted by atomic mass is 79.9. The van der Waals surface area contributed by atoms with Crippen LogP contribution >= 0.6 is 27.5 Å². The highest BCUT2D eigenvalue weighted by Gasteiger charge is 2.12. The summed E-state index contributed by atoms with van der Waals surface area (Å²) in [4.78, 5) is 0. The lowest BCUT2D eigenvalue weighted by atomic mass is 10.1. The van der Waals surface area contributed by atoms with Crippen molar-refractivity contribution in [1.29, 1.82) is 0 Å². The van der Waals surface area contributed by atoms with Crippen LogP contribution in [0.15, 0.2) is 33.4 Å². The number of rotatable bonds is 1. The number of nitrogens with zero attached hydrogens (tertiary/aromatic N) is 1. The minimum Gasteiger partial charge on any atom is -0.506 e. The van der Waals surface area contributed by atoms with Crippen LogP contribution in [0.5, 0.6) is 5.75 Å². The molecule has 3 nitrogen and oxygen atoms in total.